The van der Waals surface area contributed by atoms with Crippen LogP contribution in [0, 0.1) is 33.5 Å². The first-order valence-corrected chi connectivity index (χ1v) is 17.6. The van der Waals surface area contributed by atoms with Gasteiger partial charge in [0.25, 0.3) is 0 Å². The monoisotopic (exact) mass is 622 g/mol. The van der Waals surface area contributed by atoms with E-state index in [0.29, 0.717) is 18.9 Å². The van der Waals surface area contributed by atoms with Crippen molar-refractivity contribution < 1.29 is 19.7 Å². The maximum Gasteiger partial charge on any atom is 0.189 e. The van der Waals surface area contributed by atoms with Crippen LogP contribution in [0.4, 0.5) is 5.69 Å². The van der Waals surface area contributed by atoms with E-state index in [4.69, 9.17) is 4.74 Å². The van der Waals surface area contributed by atoms with Gasteiger partial charge in [0.2, 0.25) is 0 Å². The number of aliphatic hydroxyl groups is 2. The molecular weight excluding hydrogens is 572 g/mol. The molecule has 4 fully saturated rings. The number of piperazine rings is 1. The van der Waals surface area contributed by atoms with Crippen molar-refractivity contribution in [2.24, 2.45) is 33.5 Å². The summed E-state index contributed by atoms with van der Waals surface area (Å²) in [5, 5.41) is 23.8. The highest BCUT2D eigenvalue weighted by molar-refractivity contribution is 6.10. The molecule has 1 aliphatic heterocycles. The van der Waals surface area contributed by atoms with E-state index in [-0.39, 0.29) is 34.1 Å². The fourth-order valence-corrected chi connectivity index (χ4v) is 11.8. The van der Waals surface area contributed by atoms with Crippen LogP contribution < -0.4 is 9.64 Å². The Balaban J connectivity index is 1.12. The normalized spacial score (nSPS) is 41.4. The molecule has 2 N–H and O–H groups in total. The van der Waals surface area contributed by atoms with Gasteiger partial charge in [-0.15, -0.1) is 0 Å². The van der Waals surface area contributed by atoms with Crippen molar-refractivity contribution >= 4 is 11.5 Å². The number of ether oxygens (including phenoxy) is 1. The quantitative estimate of drug-likeness (QED) is 0.292. The fourth-order valence-electron chi connectivity index (χ4n) is 11.8. The third-order valence-electron chi connectivity index (χ3n) is 14.3. The molecule has 1 saturated heterocycles. The van der Waals surface area contributed by atoms with Crippen molar-refractivity contribution in [2.75, 3.05) is 44.7 Å². The Bertz CT molecular complexity index is 1580. The summed E-state index contributed by atoms with van der Waals surface area (Å²) in [4.78, 5) is 19.5. The SMILES string of the molecule is COc1ccccc1N1CCN(C[C@]2(O)CC[C@H]3[C@]45C=C[C@@]6(C=C4C(=O)c4ccccc4)CC(O)CC[C@]6(C)[C@H]5CC[C@@]32C)CC1. The van der Waals surface area contributed by atoms with Crippen molar-refractivity contribution in [1.29, 1.82) is 0 Å². The summed E-state index contributed by atoms with van der Waals surface area (Å²) in [5.41, 5.74) is 0.941. The fraction of sp³-hybridized carbons (Fsp3) is 0.575. The van der Waals surface area contributed by atoms with Crippen molar-refractivity contribution in [1.82, 2.24) is 4.90 Å². The van der Waals surface area contributed by atoms with Crippen LogP contribution in [0.15, 0.2) is 78.4 Å². The summed E-state index contributed by atoms with van der Waals surface area (Å²) in [6.07, 6.45) is 12.9. The smallest absolute Gasteiger partial charge is 0.189 e. The molecular formula is C40H50N2O4. The summed E-state index contributed by atoms with van der Waals surface area (Å²) < 4.78 is 5.65. The first-order valence-electron chi connectivity index (χ1n) is 17.6. The van der Waals surface area contributed by atoms with E-state index in [1.165, 1.54) is 0 Å². The van der Waals surface area contributed by atoms with E-state index in [9.17, 15) is 15.0 Å². The van der Waals surface area contributed by atoms with Gasteiger partial charge in [0.15, 0.2) is 5.78 Å². The standard InChI is InChI=1S/C40H50N2O4/c1-36-16-13-29(43)25-38(36)19-20-40(30(26-38)35(44)28-9-5-4-6-10-28)33(36)14-17-37(2)34(40)15-18-39(37,45)27-41-21-23-42(24-22-41)31-11-7-8-12-32(31)46-3/h4-12,19-20,26,29,33-34,43,45H,13-18,21-25,27H2,1-3H3/t29?,33-,34-,36-,37+,38+,39-,40-/m1/s1. The van der Waals surface area contributed by atoms with E-state index in [1.807, 2.05) is 42.5 Å². The lowest BCUT2D eigenvalue weighted by Crippen LogP contribution is -2.67. The topological polar surface area (TPSA) is 73.2 Å². The maximum atomic E-state index is 14.6. The zero-order chi connectivity index (χ0) is 32.0. The number of anilines is 1. The first-order chi connectivity index (χ1) is 22.1. The van der Waals surface area contributed by atoms with Gasteiger partial charge in [0, 0.05) is 60.1 Å². The van der Waals surface area contributed by atoms with Crippen LogP contribution in [-0.2, 0) is 0 Å². The number of hydrogen-bond acceptors (Lipinski definition) is 6. The minimum absolute atomic E-state index is 0.0156. The number of ketones is 1. The van der Waals surface area contributed by atoms with Crippen LogP contribution >= 0.6 is 0 Å². The second-order valence-electron chi connectivity index (χ2n) is 15.9. The molecule has 3 saturated carbocycles. The third-order valence-corrected chi connectivity index (χ3v) is 14.3. The molecule has 0 aromatic heterocycles. The van der Waals surface area contributed by atoms with Gasteiger partial charge >= 0.3 is 0 Å². The van der Waals surface area contributed by atoms with Crippen molar-refractivity contribution in [2.45, 2.75) is 70.5 Å². The number of rotatable bonds is 6. The lowest BCUT2D eigenvalue weighted by Gasteiger charge is -2.71. The first kappa shape index (κ1) is 30.4. The average Bonchev–Trinajstić information content (AvgIpc) is 3.34. The predicted molar refractivity (Wildman–Crippen MR) is 181 cm³/mol. The number of Topliss-reactive ketones (excluding diaryl/α,β-unsaturated/α-hetero) is 1. The summed E-state index contributed by atoms with van der Waals surface area (Å²) in [6.45, 7) is 9.07. The number of benzene rings is 2. The van der Waals surface area contributed by atoms with Crippen LogP contribution in [-0.4, -0.2) is 72.4 Å². The molecule has 46 heavy (non-hydrogen) atoms. The van der Waals surface area contributed by atoms with Gasteiger partial charge in [-0.2, -0.15) is 0 Å². The molecule has 6 aliphatic carbocycles. The van der Waals surface area contributed by atoms with Gasteiger partial charge in [0.1, 0.15) is 5.75 Å². The Morgan fingerprint density at radius 3 is 2.30 bits per heavy atom. The Morgan fingerprint density at radius 1 is 0.870 bits per heavy atom. The maximum absolute atomic E-state index is 14.6. The van der Waals surface area contributed by atoms with Crippen molar-refractivity contribution in [3.8, 4) is 5.75 Å². The average molecular weight is 623 g/mol. The minimum Gasteiger partial charge on any atom is -0.495 e. The van der Waals surface area contributed by atoms with Gasteiger partial charge in [0.05, 0.1) is 24.5 Å². The second kappa shape index (κ2) is 10.5. The van der Waals surface area contributed by atoms with Crippen LogP contribution in [0.1, 0.15) is 69.2 Å². The summed E-state index contributed by atoms with van der Waals surface area (Å²) in [6, 6.07) is 18.0. The van der Waals surface area contributed by atoms with Crippen LogP contribution in [0.2, 0.25) is 0 Å². The molecule has 7 aliphatic rings. The summed E-state index contributed by atoms with van der Waals surface area (Å²) in [7, 11) is 1.73. The minimum atomic E-state index is -0.825. The number of fused-ring (bicyclic) bond motifs is 1. The van der Waals surface area contributed by atoms with Gasteiger partial charge in [-0.3, -0.25) is 9.69 Å². The number of aliphatic hydroxyl groups excluding tert-OH is 1. The third kappa shape index (κ3) is 4.02. The highest BCUT2D eigenvalue weighted by atomic mass is 16.5. The van der Waals surface area contributed by atoms with Gasteiger partial charge in [-0.05, 0) is 74.3 Å². The van der Waals surface area contributed by atoms with Crippen LogP contribution in [0.25, 0.3) is 0 Å². The van der Waals surface area contributed by atoms with E-state index in [0.717, 1.165) is 87.3 Å². The molecule has 2 spiro atoms. The van der Waals surface area contributed by atoms with Gasteiger partial charge < -0.3 is 19.8 Å². The molecule has 1 heterocycles. The number of allylic oxidation sites excluding steroid dienone is 4. The molecule has 0 amide bonds. The van der Waals surface area contributed by atoms with Crippen molar-refractivity contribution in [3.63, 3.8) is 0 Å². The second-order valence-corrected chi connectivity index (χ2v) is 15.9. The van der Waals surface area contributed by atoms with Crippen LogP contribution in [0.3, 0.4) is 0 Å². The Kier molecular flexibility index (Phi) is 6.96. The molecule has 9 rings (SSSR count). The molecule has 244 valence electrons. The Labute approximate surface area is 274 Å². The largest absolute Gasteiger partial charge is 0.495 e. The molecule has 0 radical (unpaired) electrons. The molecule has 8 atom stereocenters. The lowest BCUT2D eigenvalue weighted by atomic mass is 9.32. The lowest BCUT2D eigenvalue weighted by molar-refractivity contribution is -0.176. The molecule has 2 aromatic rings. The number of hydrogen-bond donors (Lipinski definition) is 2. The number of para-hydroxylation sites is 2. The zero-order valence-corrected chi connectivity index (χ0v) is 27.8. The summed E-state index contributed by atoms with van der Waals surface area (Å²) >= 11 is 0. The Morgan fingerprint density at radius 2 is 1.54 bits per heavy atom. The van der Waals surface area contributed by atoms with E-state index >= 15 is 0 Å². The summed E-state index contributed by atoms with van der Waals surface area (Å²) in [5.74, 6) is 1.53. The van der Waals surface area contributed by atoms with E-state index in [1.54, 1.807) is 7.11 Å². The highest BCUT2D eigenvalue weighted by Gasteiger charge is 2.74. The molecule has 2 aromatic carbocycles. The molecule has 6 nitrogen and oxygen atoms in total. The van der Waals surface area contributed by atoms with Crippen molar-refractivity contribution in [3.05, 3.63) is 84.0 Å². The highest BCUT2D eigenvalue weighted by Crippen LogP contribution is 2.78. The molecule has 6 heteroatoms. The molecule has 2 bridgehead atoms. The van der Waals surface area contributed by atoms with Crippen LogP contribution in [0.5, 0.6) is 5.75 Å². The molecule has 1 unspecified atom stereocenters. The number of nitrogens with zero attached hydrogens (tertiary/aromatic N) is 2. The zero-order valence-electron chi connectivity index (χ0n) is 27.8. The van der Waals surface area contributed by atoms with E-state index in [2.05, 4.69) is 54.0 Å². The van der Waals surface area contributed by atoms with E-state index < -0.39 is 11.0 Å². The number of carbonyl (C=O) groups excluding carboxylic acids is 1. The number of β-amino-alcohol motifs (C(OH)–C–C–N with tert-alkyl or cyclic N) is 1. The number of carbonyl (C=O) groups is 1. The van der Waals surface area contributed by atoms with Gasteiger partial charge in [-0.25, -0.2) is 0 Å². The number of methoxy groups -OCH3 is 1. The Hall–Kier alpha value is -2.93. The van der Waals surface area contributed by atoms with Gasteiger partial charge in [-0.1, -0.05) is 74.5 Å². The predicted octanol–water partition coefficient (Wildman–Crippen LogP) is 6.29.